The lowest BCUT2D eigenvalue weighted by Crippen LogP contribution is -2.14. The second kappa shape index (κ2) is 8.40. The van der Waals surface area contributed by atoms with Crippen molar-refractivity contribution in [2.24, 2.45) is 11.3 Å². The molecule has 0 atom stereocenters. The minimum Gasteiger partial charge on any atom is -0.0956 e. The van der Waals surface area contributed by atoms with Gasteiger partial charge in [-0.3, -0.25) is 0 Å². The average Bonchev–Trinajstić information content (AvgIpc) is 2.75. The van der Waals surface area contributed by atoms with Gasteiger partial charge in [0.15, 0.2) is 0 Å². The van der Waals surface area contributed by atoms with Crippen LogP contribution in [0.2, 0.25) is 0 Å². The first-order valence-corrected chi connectivity index (χ1v) is 7.99. The Hall–Kier alpha value is -0.780. The van der Waals surface area contributed by atoms with Crippen LogP contribution in [-0.2, 0) is 0 Å². The van der Waals surface area contributed by atoms with Crippen LogP contribution in [0.3, 0.4) is 0 Å². The molecule has 0 aromatic heterocycles. The molecule has 110 valence electrons. The largest absolute Gasteiger partial charge is 0.0956 e. The maximum absolute atomic E-state index is 4.11. The topological polar surface area (TPSA) is 0 Å². The monoisotopic (exact) mass is 262 g/mol. The van der Waals surface area contributed by atoms with Crippen LogP contribution in [0.15, 0.2) is 35.5 Å². The summed E-state index contributed by atoms with van der Waals surface area (Å²) >= 11 is 0. The summed E-state index contributed by atoms with van der Waals surface area (Å²) in [5.74, 6) is 0.552. The Balaban J connectivity index is 0.00000154. The molecule has 0 radical (unpaired) electrons. The highest BCUT2D eigenvalue weighted by molar-refractivity contribution is 5.35. The highest BCUT2D eigenvalue weighted by atomic mass is 14.4. The van der Waals surface area contributed by atoms with E-state index in [-0.39, 0.29) is 0 Å². The third-order valence-corrected chi connectivity index (χ3v) is 4.49. The summed E-state index contributed by atoms with van der Waals surface area (Å²) in [4.78, 5) is 0. The Morgan fingerprint density at radius 3 is 2.11 bits per heavy atom. The van der Waals surface area contributed by atoms with E-state index in [4.69, 9.17) is 0 Å². The van der Waals surface area contributed by atoms with Gasteiger partial charge in [0, 0.05) is 0 Å². The molecule has 19 heavy (non-hydrogen) atoms. The van der Waals surface area contributed by atoms with Crippen LogP contribution >= 0.6 is 0 Å². The lowest BCUT2D eigenvalue weighted by molar-refractivity contribution is 0.279. The van der Waals surface area contributed by atoms with Gasteiger partial charge in [0.25, 0.3) is 0 Å². The summed E-state index contributed by atoms with van der Waals surface area (Å²) in [5, 5.41) is 0. The zero-order valence-corrected chi connectivity index (χ0v) is 14.3. The molecule has 0 aromatic carbocycles. The van der Waals surface area contributed by atoms with Crippen molar-refractivity contribution in [1.29, 1.82) is 0 Å². The molecule has 0 unspecified atom stereocenters. The molecule has 1 rings (SSSR count). The third kappa shape index (κ3) is 5.01. The summed E-state index contributed by atoms with van der Waals surface area (Å²) in [6, 6.07) is 0. The van der Waals surface area contributed by atoms with Crippen LogP contribution in [0, 0.1) is 11.3 Å². The zero-order valence-electron chi connectivity index (χ0n) is 14.3. The summed E-state index contributed by atoms with van der Waals surface area (Å²) in [6.45, 7) is 19.5. The molecular weight excluding hydrogens is 228 g/mol. The highest BCUT2D eigenvalue weighted by Gasteiger charge is 2.33. The summed E-state index contributed by atoms with van der Waals surface area (Å²) in [7, 11) is 0. The zero-order chi connectivity index (χ0) is 15.1. The summed E-state index contributed by atoms with van der Waals surface area (Å²) in [6.07, 6.45) is 9.66. The predicted octanol–water partition coefficient (Wildman–Crippen LogP) is 6.70. The molecule has 0 saturated carbocycles. The first kappa shape index (κ1) is 18.2. The smallest absolute Gasteiger partial charge is 0.0220 e. The van der Waals surface area contributed by atoms with E-state index in [9.17, 15) is 0 Å². The Morgan fingerprint density at radius 1 is 1.21 bits per heavy atom. The molecule has 1 aliphatic rings. The fraction of sp³-hybridized carbons (Fsp3) is 0.684. The van der Waals surface area contributed by atoms with Gasteiger partial charge < -0.3 is 0 Å². The molecule has 0 heteroatoms. The molecular formula is C19H34. The van der Waals surface area contributed by atoms with E-state index >= 15 is 0 Å². The van der Waals surface area contributed by atoms with Crippen molar-refractivity contribution in [2.75, 3.05) is 0 Å². The summed E-state index contributed by atoms with van der Waals surface area (Å²) < 4.78 is 0. The van der Waals surface area contributed by atoms with Gasteiger partial charge >= 0.3 is 0 Å². The molecule has 0 fully saturated rings. The van der Waals surface area contributed by atoms with E-state index in [0.717, 1.165) is 0 Å². The molecule has 0 aromatic rings. The molecule has 0 saturated heterocycles. The number of hydrogen-bond donors (Lipinski definition) is 0. The van der Waals surface area contributed by atoms with E-state index in [0.29, 0.717) is 11.3 Å². The average molecular weight is 262 g/mol. The maximum Gasteiger partial charge on any atom is -0.0220 e. The quantitative estimate of drug-likeness (QED) is 0.484. The summed E-state index contributed by atoms with van der Waals surface area (Å²) in [5.41, 5.74) is 4.91. The maximum atomic E-state index is 4.11. The van der Waals surface area contributed by atoms with Crippen LogP contribution in [0.5, 0.6) is 0 Å². The SMILES string of the molecule is C=C(/C=C\C1=C(C)CC(CC)(CC)C1)C(C)C.CC. The Bertz CT molecular complexity index is 335. The van der Waals surface area contributed by atoms with E-state index in [2.05, 4.69) is 53.3 Å². The van der Waals surface area contributed by atoms with Gasteiger partial charge in [-0.2, -0.15) is 0 Å². The van der Waals surface area contributed by atoms with Crippen molar-refractivity contribution < 1.29 is 0 Å². The van der Waals surface area contributed by atoms with Crippen molar-refractivity contribution in [1.82, 2.24) is 0 Å². The molecule has 0 spiro atoms. The number of hydrogen-bond acceptors (Lipinski definition) is 0. The predicted molar refractivity (Wildman–Crippen MR) is 89.4 cm³/mol. The Morgan fingerprint density at radius 2 is 1.74 bits per heavy atom. The number of rotatable bonds is 5. The van der Waals surface area contributed by atoms with Crippen molar-refractivity contribution in [2.45, 2.75) is 74.1 Å². The van der Waals surface area contributed by atoms with E-state index in [1.807, 2.05) is 13.8 Å². The van der Waals surface area contributed by atoms with Crippen molar-refractivity contribution >= 4 is 0 Å². The first-order valence-electron chi connectivity index (χ1n) is 7.99. The van der Waals surface area contributed by atoms with Crippen LogP contribution in [0.4, 0.5) is 0 Å². The fourth-order valence-electron chi connectivity index (χ4n) is 2.64. The van der Waals surface area contributed by atoms with Gasteiger partial charge in [-0.05, 0) is 49.5 Å². The second-order valence-corrected chi connectivity index (χ2v) is 5.93. The molecule has 0 N–H and O–H groups in total. The highest BCUT2D eigenvalue weighted by Crippen LogP contribution is 2.47. The van der Waals surface area contributed by atoms with E-state index in [1.54, 1.807) is 11.1 Å². The molecule has 0 heterocycles. The van der Waals surface area contributed by atoms with Gasteiger partial charge in [-0.25, -0.2) is 0 Å². The molecule has 0 amide bonds. The second-order valence-electron chi connectivity index (χ2n) is 5.93. The van der Waals surface area contributed by atoms with Gasteiger partial charge in [0.05, 0.1) is 0 Å². The van der Waals surface area contributed by atoms with E-state index in [1.165, 1.54) is 31.3 Å². The van der Waals surface area contributed by atoms with Crippen molar-refractivity contribution in [3.05, 3.63) is 35.5 Å². The van der Waals surface area contributed by atoms with Crippen molar-refractivity contribution in [3.63, 3.8) is 0 Å². The lowest BCUT2D eigenvalue weighted by atomic mass is 9.79. The van der Waals surface area contributed by atoms with Crippen LogP contribution in [-0.4, -0.2) is 0 Å². The van der Waals surface area contributed by atoms with Gasteiger partial charge in [0.1, 0.15) is 0 Å². The van der Waals surface area contributed by atoms with E-state index < -0.39 is 0 Å². The van der Waals surface area contributed by atoms with Gasteiger partial charge in [-0.15, -0.1) is 0 Å². The van der Waals surface area contributed by atoms with Gasteiger partial charge in [-0.1, -0.05) is 71.4 Å². The molecule has 0 aliphatic heterocycles. The molecule has 1 aliphatic carbocycles. The molecule has 0 nitrogen and oxygen atoms in total. The fourth-order valence-corrected chi connectivity index (χ4v) is 2.64. The normalized spacial score (nSPS) is 17.9. The van der Waals surface area contributed by atoms with Crippen molar-refractivity contribution in [3.8, 4) is 0 Å². The first-order chi connectivity index (χ1) is 8.94. The van der Waals surface area contributed by atoms with Crippen LogP contribution in [0.1, 0.15) is 74.1 Å². The van der Waals surface area contributed by atoms with Crippen LogP contribution < -0.4 is 0 Å². The third-order valence-electron chi connectivity index (χ3n) is 4.49. The lowest BCUT2D eigenvalue weighted by Gasteiger charge is -2.26. The standard InChI is InChI=1S/C17H28.C2H6/c1-7-17(8-2)11-15(6)16(12-17)10-9-14(5)13(3)4;1-2/h9-10,13H,5,7-8,11-12H2,1-4,6H3;1-2H3/b10-9-;. The Labute approximate surface area is 121 Å². The van der Waals surface area contributed by atoms with Gasteiger partial charge in [0.2, 0.25) is 0 Å². The number of allylic oxidation sites excluding steroid dienone is 5. The van der Waals surface area contributed by atoms with Crippen LogP contribution in [0.25, 0.3) is 0 Å². The molecule has 0 bridgehead atoms. The Kier molecular flexibility index (Phi) is 8.06. The minimum absolute atomic E-state index is 0.545. The minimum atomic E-state index is 0.545.